The highest BCUT2D eigenvalue weighted by atomic mass is 35.5. The van der Waals surface area contributed by atoms with Crippen molar-refractivity contribution in [3.63, 3.8) is 0 Å². The van der Waals surface area contributed by atoms with Crippen LogP contribution in [0, 0.1) is 11.8 Å². The van der Waals surface area contributed by atoms with Crippen LogP contribution >= 0.6 is 11.6 Å². The second-order valence-corrected chi connectivity index (χ2v) is 8.86. The van der Waals surface area contributed by atoms with Crippen molar-refractivity contribution in [3.8, 4) is 0 Å². The summed E-state index contributed by atoms with van der Waals surface area (Å²) in [4.78, 5) is 6.52. The number of allylic oxidation sites excluding steroid dienone is 4. The zero-order valence-corrected chi connectivity index (χ0v) is 21.0. The van der Waals surface area contributed by atoms with Crippen LogP contribution in [0.1, 0.15) is 58.4 Å². The van der Waals surface area contributed by atoms with Crippen molar-refractivity contribution in [2.45, 2.75) is 65.4 Å². The highest BCUT2D eigenvalue weighted by Gasteiger charge is 2.31. The van der Waals surface area contributed by atoms with Gasteiger partial charge in [-0.25, -0.2) is 0 Å². The van der Waals surface area contributed by atoms with Crippen LogP contribution in [0.15, 0.2) is 72.6 Å². The molecule has 1 aliphatic carbocycles. The molecule has 32 heavy (non-hydrogen) atoms. The summed E-state index contributed by atoms with van der Waals surface area (Å²) in [6.45, 7) is 18.9. The molecule has 1 unspecified atom stereocenters. The van der Waals surface area contributed by atoms with E-state index < -0.39 is 0 Å². The SMILES string of the molecule is C=C/C=C\C(=NC)OC1CCC(C(=C)N2C(=C)CC(C)Cc3cc(Cl)ccc32)CC1.CC. The summed E-state index contributed by atoms with van der Waals surface area (Å²) < 4.78 is 6.08. The van der Waals surface area contributed by atoms with Crippen LogP contribution in [-0.2, 0) is 11.2 Å². The molecule has 0 radical (unpaired) electrons. The van der Waals surface area contributed by atoms with E-state index in [4.69, 9.17) is 16.3 Å². The molecule has 1 saturated carbocycles. The molecule has 174 valence electrons. The Kier molecular flexibility index (Phi) is 10.3. The van der Waals surface area contributed by atoms with Crippen molar-refractivity contribution < 1.29 is 4.74 Å². The van der Waals surface area contributed by atoms with Crippen molar-refractivity contribution >= 4 is 23.2 Å². The number of halogens is 1. The molecule has 0 aromatic heterocycles. The third-order valence-corrected chi connectivity index (χ3v) is 6.30. The van der Waals surface area contributed by atoms with Crippen LogP contribution in [0.2, 0.25) is 5.02 Å². The fourth-order valence-corrected chi connectivity index (χ4v) is 4.78. The number of ether oxygens (including phenoxy) is 1. The van der Waals surface area contributed by atoms with Gasteiger partial charge in [0.1, 0.15) is 6.10 Å². The lowest BCUT2D eigenvalue weighted by Gasteiger charge is -2.36. The van der Waals surface area contributed by atoms with Crippen molar-refractivity contribution in [3.05, 3.63) is 78.1 Å². The number of fused-ring (bicyclic) bond motifs is 1. The van der Waals surface area contributed by atoms with Gasteiger partial charge in [-0.3, -0.25) is 4.99 Å². The van der Waals surface area contributed by atoms with Crippen LogP contribution in [0.3, 0.4) is 0 Å². The first-order chi connectivity index (χ1) is 15.4. The number of aliphatic imine (C=N–C) groups is 1. The summed E-state index contributed by atoms with van der Waals surface area (Å²) in [5.74, 6) is 1.62. The van der Waals surface area contributed by atoms with Crippen LogP contribution in [0.25, 0.3) is 0 Å². The van der Waals surface area contributed by atoms with Crippen molar-refractivity contribution in [2.24, 2.45) is 16.8 Å². The number of hydrogen-bond donors (Lipinski definition) is 0. The van der Waals surface area contributed by atoms with Gasteiger partial charge in [0.05, 0.1) is 0 Å². The van der Waals surface area contributed by atoms with E-state index in [9.17, 15) is 0 Å². The molecule has 3 rings (SSSR count). The predicted octanol–water partition coefficient (Wildman–Crippen LogP) is 8.13. The molecule has 1 aromatic carbocycles. The molecule has 0 N–H and O–H groups in total. The Morgan fingerprint density at radius 3 is 2.50 bits per heavy atom. The third kappa shape index (κ3) is 6.62. The molecule has 0 saturated heterocycles. The summed E-state index contributed by atoms with van der Waals surface area (Å²) in [6, 6.07) is 6.19. The quantitative estimate of drug-likeness (QED) is 0.255. The van der Waals surface area contributed by atoms with E-state index in [2.05, 4.69) is 48.7 Å². The molecule has 0 amide bonds. The van der Waals surface area contributed by atoms with E-state index in [0.29, 0.717) is 17.7 Å². The number of benzene rings is 1. The molecule has 2 aliphatic rings. The van der Waals surface area contributed by atoms with Gasteiger partial charge in [-0.05, 0) is 80.2 Å². The lowest BCUT2D eigenvalue weighted by Crippen LogP contribution is -2.30. The van der Waals surface area contributed by atoms with Gasteiger partial charge in [0.15, 0.2) is 0 Å². The average Bonchev–Trinajstić information content (AvgIpc) is 2.91. The van der Waals surface area contributed by atoms with E-state index >= 15 is 0 Å². The predicted molar refractivity (Wildman–Crippen MR) is 141 cm³/mol. The van der Waals surface area contributed by atoms with E-state index in [1.54, 1.807) is 13.1 Å². The summed E-state index contributed by atoms with van der Waals surface area (Å²) >= 11 is 6.29. The number of rotatable bonds is 5. The monoisotopic (exact) mass is 454 g/mol. The van der Waals surface area contributed by atoms with Gasteiger partial charge in [0.2, 0.25) is 5.90 Å². The summed E-state index contributed by atoms with van der Waals surface area (Å²) in [7, 11) is 1.76. The fraction of sp³-hybridized carbons (Fsp3) is 0.464. The van der Waals surface area contributed by atoms with Crippen LogP contribution in [0.5, 0.6) is 0 Å². The average molecular weight is 455 g/mol. The van der Waals surface area contributed by atoms with E-state index in [1.807, 2.05) is 32.1 Å². The maximum atomic E-state index is 6.29. The second kappa shape index (κ2) is 12.7. The normalized spacial score (nSPS) is 23.7. The van der Waals surface area contributed by atoms with Gasteiger partial charge in [0.25, 0.3) is 0 Å². The molecular weight excluding hydrogens is 416 g/mol. The minimum Gasteiger partial charge on any atom is -0.475 e. The Morgan fingerprint density at radius 1 is 1.19 bits per heavy atom. The van der Waals surface area contributed by atoms with Gasteiger partial charge >= 0.3 is 0 Å². The first-order valence-electron chi connectivity index (χ1n) is 11.8. The second-order valence-electron chi connectivity index (χ2n) is 8.43. The molecule has 3 nitrogen and oxygen atoms in total. The first kappa shape index (κ1) is 26.0. The fourth-order valence-electron chi connectivity index (χ4n) is 4.59. The smallest absolute Gasteiger partial charge is 0.208 e. The maximum Gasteiger partial charge on any atom is 0.208 e. The molecule has 0 spiro atoms. The minimum absolute atomic E-state index is 0.195. The lowest BCUT2D eigenvalue weighted by atomic mass is 9.84. The lowest BCUT2D eigenvalue weighted by molar-refractivity contribution is 0.128. The van der Waals surface area contributed by atoms with Gasteiger partial charge < -0.3 is 9.64 Å². The van der Waals surface area contributed by atoms with Crippen LogP contribution < -0.4 is 4.90 Å². The Hall–Kier alpha value is -2.26. The molecular formula is C28H39ClN2O. The number of anilines is 1. The first-order valence-corrected chi connectivity index (χ1v) is 12.2. The van der Waals surface area contributed by atoms with Crippen molar-refractivity contribution in [1.82, 2.24) is 0 Å². The van der Waals surface area contributed by atoms with Crippen LogP contribution in [-0.4, -0.2) is 19.0 Å². The summed E-state index contributed by atoms with van der Waals surface area (Å²) in [5.41, 5.74) is 4.74. The molecule has 1 fully saturated rings. The molecule has 0 bridgehead atoms. The van der Waals surface area contributed by atoms with Gasteiger partial charge in [-0.2, -0.15) is 0 Å². The largest absolute Gasteiger partial charge is 0.475 e. The van der Waals surface area contributed by atoms with Gasteiger partial charge in [-0.15, -0.1) is 0 Å². The Bertz CT molecular complexity index is 862. The van der Waals surface area contributed by atoms with E-state index in [1.165, 1.54) is 11.3 Å². The number of nitrogens with zero attached hydrogens (tertiary/aromatic N) is 2. The topological polar surface area (TPSA) is 24.8 Å². The van der Waals surface area contributed by atoms with E-state index in [0.717, 1.165) is 54.9 Å². The highest BCUT2D eigenvalue weighted by Crippen LogP contribution is 2.41. The zero-order valence-electron chi connectivity index (χ0n) is 20.2. The van der Waals surface area contributed by atoms with Crippen molar-refractivity contribution in [1.29, 1.82) is 0 Å². The Balaban J connectivity index is 0.00000176. The molecule has 4 heteroatoms. The van der Waals surface area contributed by atoms with Gasteiger partial charge in [0, 0.05) is 29.2 Å². The molecule has 1 aliphatic heterocycles. The minimum atomic E-state index is 0.195. The number of hydrogen-bond acceptors (Lipinski definition) is 3. The molecule has 1 aromatic rings. The third-order valence-electron chi connectivity index (χ3n) is 6.07. The van der Waals surface area contributed by atoms with Crippen LogP contribution in [0.4, 0.5) is 5.69 Å². The highest BCUT2D eigenvalue weighted by molar-refractivity contribution is 6.30. The Labute approximate surface area is 200 Å². The van der Waals surface area contributed by atoms with E-state index in [-0.39, 0.29) is 6.10 Å². The summed E-state index contributed by atoms with van der Waals surface area (Å²) in [5, 5.41) is 0.788. The van der Waals surface area contributed by atoms with Gasteiger partial charge in [-0.1, -0.05) is 64.3 Å². The maximum absolute atomic E-state index is 6.29. The molecule has 1 heterocycles. The molecule has 1 atom stereocenters. The van der Waals surface area contributed by atoms with Crippen molar-refractivity contribution in [2.75, 3.05) is 11.9 Å². The summed E-state index contributed by atoms with van der Waals surface area (Å²) in [6.07, 6.45) is 11.7. The zero-order chi connectivity index (χ0) is 23.7. The Morgan fingerprint density at radius 2 is 1.88 bits per heavy atom. The standard InChI is InChI=1S/C26H33ClN2O.C2H6/c1-6-7-8-26(28-5)30-24-12-9-21(10-13-24)20(4)29-19(3)15-18(2)16-22-17-23(27)11-14-25(22)29;1-2/h6-8,11,14,17-18,21,24H,1,3-4,9-10,12-13,15-16H2,2,5H3;1-2H3/b8-7-,28-26?;.